The molecule has 0 aliphatic carbocycles. The molecular formula is C23H22N2O4. The van der Waals surface area contributed by atoms with Gasteiger partial charge >= 0.3 is 5.97 Å². The first-order valence-electron chi connectivity index (χ1n) is 9.44. The zero-order valence-corrected chi connectivity index (χ0v) is 16.1. The molecule has 2 amide bonds. The van der Waals surface area contributed by atoms with Gasteiger partial charge in [0.25, 0.3) is 0 Å². The summed E-state index contributed by atoms with van der Waals surface area (Å²) in [7, 11) is 0. The van der Waals surface area contributed by atoms with Crippen LogP contribution in [0.25, 0.3) is 0 Å². The number of rotatable bonds is 3. The molecule has 6 nitrogen and oxygen atoms in total. The second-order valence-electron chi connectivity index (χ2n) is 6.99. The van der Waals surface area contributed by atoms with Gasteiger partial charge in [0.1, 0.15) is 0 Å². The van der Waals surface area contributed by atoms with Crippen LogP contribution in [0, 0.1) is 17.8 Å². The minimum absolute atomic E-state index is 0.0454. The first kappa shape index (κ1) is 20.2. The van der Waals surface area contributed by atoms with Crippen LogP contribution in [0.4, 0.5) is 5.69 Å². The second-order valence-corrected chi connectivity index (χ2v) is 6.99. The number of carboxylic acid groups (broad SMARTS) is 1. The van der Waals surface area contributed by atoms with Crippen LogP contribution in [0.2, 0.25) is 0 Å². The summed E-state index contributed by atoms with van der Waals surface area (Å²) in [5.41, 5.74) is 2.18. The SMILES string of the molecule is CC(=O)N1CCC(C(=O)Nc2cccc(C#Cc3cccc(C(=O)O)c3)c2)CC1. The number of nitrogens with zero attached hydrogens (tertiary/aromatic N) is 1. The molecular weight excluding hydrogens is 368 g/mol. The molecule has 2 N–H and O–H groups in total. The van der Waals surface area contributed by atoms with E-state index in [1.807, 2.05) is 12.1 Å². The Balaban J connectivity index is 1.65. The average molecular weight is 390 g/mol. The zero-order valence-electron chi connectivity index (χ0n) is 16.1. The zero-order chi connectivity index (χ0) is 20.8. The average Bonchev–Trinajstić information content (AvgIpc) is 2.73. The lowest BCUT2D eigenvalue weighted by Crippen LogP contribution is -2.40. The normalized spacial score (nSPS) is 13.9. The Kier molecular flexibility index (Phi) is 6.30. The number of carboxylic acids is 1. The van der Waals surface area contributed by atoms with E-state index in [0.29, 0.717) is 37.2 Å². The molecule has 2 aromatic rings. The molecule has 0 atom stereocenters. The molecule has 1 saturated heterocycles. The summed E-state index contributed by atoms with van der Waals surface area (Å²) < 4.78 is 0. The van der Waals surface area contributed by atoms with E-state index in [-0.39, 0.29) is 23.3 Å². The van der Waals surface area contributed by atoms with Gasteiger partial charge in [0.15, 0.2) is 0 Å². The summed E-state index contributed by atoms with van der Waals surface area (Å²) in [6, 6.07) is 13.7. The lowest BCUT2D eigenvalue weighted by atomic mass is 9.95. The molecule has 1 fully saturated rings. The van der Waals surface area contributed by atoms with E-state index in [1.54, 1.807) is 36.1 Å². The number of benzene rings is 2. The molecule has 0 saturated carbocycles. The van der Waals surface area contributed by atoms with E-state index in [2.05, 4.69) is 17.2 Å². The van der Waals surface area contributed by atoms with E-state index in [4.69, 9.17) is 5.11 Å². The topological polar surface area (TPSA) is 86.7 Å². The Morgan fingerprint density at radius 3 is 2.24 bits per heavy atom. The number of carbonyl (C=O) groups is 3. The highest BCUT2D eigenvalue weighted by atomic mass is 16.4. The molecule has 0 spiro atoms. The van der Waals surface area contributed by atoms with Crippen molar-refractivity contribution in [2.45, 2.75) is 19.8 Å². The Labute approximate surface area is 169 Å². The van der Waals surface area contributed by atoms with E-state index in [1.165, 1.54) is 12.1 Å². The number of piperidine rings is 1. The van der Waals surface area contributed by atoms with Crippen molar-refractivity contribution in [1.29, 1.82) is 0 Å². The number of anilines is 1. The number of amides is 2. The summed E-state index contributed by atoms with van der Waals surface area (Å²) in [6.07, 6.45) is 1.32. The second kappa shape index (κ2) is 9.07. The predicted molar refractivity (Wildman–Crippen MR) is 109 cm³/mol. The Hall–Kier alpha value is -3.59. The lowest BCUT2D eigenvalue weighted by Gasteiger charge is -2.30. The fraction of sp³-hybridized carbons (Fsp3) is 0.261. The highest BCUT2D eigenvalue weighted by molar-refractivity contribution is 5.93. The van der Waals surface area contributed by atoms with Gasteiger partial charge in [-0.1, -0.05) is 24.0 Å². The van der Waals surface area contributed by atoms with E-state index in [9.17, 15) is 14.4 Å². The third-order valence-electron chi connectivity index (χ3n) is 4.90. The van der Waals surface area contributed by atoms with Gasteiger partial charge in [-0.05, 0) is 49.2 Å². The molecule has 0 unspecified atom stereocenters. The summed E-state index contributed by atoms with van der Waals surface area (Å²) >= 11 is 0. The van der Waals surface area contributed by atoms with Crippen molar-refractivity contribution in [3.63, 3.8) is 0 Å². The number of nitrogens with one attached hydrogen (secondary N) is 1. The largest absolute Gasteiger partial charge is 0.478 e. The maximum atomic E-state index is 12.5. The van der Waals surface area contributed by atoms with Gasteiger partial charge in [-0.3, -0.25) is 9.59 Å². The first-order chi connectivity index (χ1) is 13.9. The molecule has 1 aliphatic heterocycles. The first-order valence-corrected chi connectivity index (χ1v) is 9.44. The van der Waals surface area contributed by atoms with Gasteiger partial charge in [-0.2, -0.15) is 0 Å². The molecule has 148 valence electrons. The molecule has 0 bridgehead atoms. The highest BCUT2D eigenvalue weighted by Gasteiger charge is 2.25. The van der Waals surface area contributed by atoms with Gasteiger partial charge < -0.3 is 15.3 Å². The number of hydrogen-bond acceptors (Lipinski definition) is 3. The van der Waals surface area contributed by atoms with Crippen LogP contribution in [-0.2, 0) is 9.59 Å². The van der Waals surface area contributed by atoms with Crippen molar-refractivity contribution in [3.8, 4) is 11.8 Å². The van der Waals surface area contributed by atoms with Gasteiger partial charge in [0.2, 0.25) is 11.8 Å². The van der Waals surface area contributed by atoms with Crippen LogP contribution in [0.3, 0.4) is 0 Å². The molecule has 1 heterocycles. The molecule has 29 heavy (non-hydrogen) atoms. The van der Waals surface area contributed by atoms with E-state index >= 15 is 0 Å². The molecule has 0 aromatic heterocycles. The smallest absolute Gasteiger partial charge is 0.335 e. The molecule has 3 rings (SSSR count). The Morgan fingerprint density at radius 2 is 1.62 bits per heavy atom. The van der Waals surface area contributed by atoms with Crippen molar-refractivity contribution < 1.29 is 19.5 Å². The predicted octanol–water partition coefficient (Wildman–Crippen LogP) is 2.98. The highest BCUT2D eigenvalue weighted by Crippen LogP contribution is 2.20. The molecule has 6 heteroatoms. The van der Waals surface area contributed by atoms with Crippen molar-refractivity contribution >= 4 is 23.5 Å². The maximum absolute atomic E-state index is 12.5. The van der Waals surface area contributed by atoms with Crippen LogP contribution in [-0.4, -0.2) is 40.9 Å². The summed E-state index contributed by atoms with van der Waals surface area (Å²) in [5.74, 6) is 4.84. The minimum Gasteiger partial charge on any atom is -0.478 e. The Bertz CT molecular complexity index is 995. The lowest BCUT2D eigenvalue weighted by molar-refractivity contribution is -0.132. The van der Waals surface area contributed by atoms with Gasteiger partial charge in [-0.15, -0.1) is 0 Å². The van der Waals surface area contributed by atoms with E-state index in [0.717, 1.165) is 5.56 Å². The van der Waals surface area contributed by atoms with Crippen LogP contribution in [0.1, 0.15) is 41.3 Å². The van der Waals surface area contributed by atoms with Crippen LogP contribution in [0.5, 0.6) is 0 Å². The third kappa shape index (κ3) is 5.45. The molecule has 2 aromatic carbocycles. The summed E-state index contributed by atoms with van der Waals surface area (Å²) in [4.78, 5) is 36.7. The number of aromatic carboxylic acids is 1. The fourth-order valence-electron chi connectivity index (χ4n) is 3.25. The minimum atomic E-state index is -0.993. The molecule has 1 aliphatic rings. The van der Waals surface area contributed by atoms with Crippen molar-refractivity contribution in [2.75, 3.05) is 18.4 Å². The monoisotopic (exact) mass is 390 g/mol. The standard InChI is InChI=1S/C23H22N2O4/c1-16(26)25-12-10-19(11-13-25)22(27)24-21-7-3-5-18(15-21)9-8-17-4-2-6-20(14-17)23(28)29/h2-7,14-15,19H,10-13H2,1H3,(H,24,27)(H,28,29). The summed E-state index contributed by atoms with van der Waals surface area (Å²) in [6.45, 7) is 2.76. The quantitative estimate of drug-likeness (QED) is 0.789. The van der Waals surface area contributed by atoms with Crippen LogP contribution in [0.15, 0.2) is 48.5 Å². The van der Waals surface area contributed by atoms with Crippen LogP contribution < -0.4 is 5.32 Å². The Morgan fingerprint density at radius 1 is 1.00 bits per heavy atom. The third-order valence-corrected chi connectivity index (χ3v) is 4.90. The maximum Gasteiger partial charge on any atom is 0.335 e. The number of hydrogen-bond donors (Lipinski definition) is 2. The van der Waals surface area contributed by atoms with Crippen molar-refractivity contribution in [2.24, 2.45) is 5.92 Å². The van der Waals surface area contributed by atoms with Crippen LogP contribution >= 0.6 is 0 Å². The fourth-order valence-corrected chi connectivity index (χ4v) is 3.25. The number of likely N-dealkylation sites (tertiary alicyclic amines) is 1. The molecule has 0 radical (unpaired) electrons. The van der Waals surface area contributed by atoms with Gasteiger partial charge in [0.05, 0.1) is 5.56 Å². The van der Waals surface area contributed by atoms with Gasteiger partial charge in [-0.25, -0.2) is 4.79 Å². The number of carbonyl (C=O) groups excluding carboxylic acids is 2. The van der Waals surface area contributed by atoms with Crippen molar-refractivity contribution in [1.82, 2.24) is 4.90 Å². The van der Waals surface area contributed by atoms with Crippen molar-refractivity contribution in [3.05, 3.63) is 65.2 Å². The summed E-state index contributed by atoms with van der Waals surface area (Å²) in [5, 5.41) is 12.0. The van der Waals surface area contributed by atoms with E-state index < -0.39 is 5.97 Å². The van der Waals surface area contributed by atoms with Gasteiger partial charge in [0, 0.05) is 42.7 Å².